The summed E-state index contributed by atoms with van der Waals surface area (Å²) in [6, 6.07) is 3.80. The van der Waals surface area contributed by atoms with Gasteiger partial charge in [0, 0.05) is 24.5 Å². The molecule has 0 fully saturated rings. The molecule has 0 atom stereocenters. The highest BCUT2D eigenvalue weighted by Gasteiger charge is 2.27. The first-order chi connectivity index (χ1) is 9.92. The van der Waals surface area contributed by atoms with Crippen molar-refractivity contribution in [1.82, 2.24) is 9.71 Å². The van der Waals surface area contributed by atoms with Crippen molar-refractivity contribution in [3.05, 3.63) is 44.9 Å². The molecule has 0 amide bonds. The zero-order chi connectivity index (χ0) is 15.5. The number of nitrogen functional groups attached to an aromatic ring is 1. The van der Waals surface area contributed by atoms with Gasteiger partial charge in [-0.3, -0.25) is 10.1 Å². The van der Waals surface area contributed by atoms with Crippen LogP contribution in [0.5, 0.6) is 0 Å². The van der Waals surface area contributed by atoms with Gasteiger partial charge in [0.15, 0.2) is 4.90 Å². The summed E-state index contributed by atoms with van der Waals surface area (Å²) >= 11 is 1.41. The SMILES string of the molecule is Nc1cccc(S(=O)(=O)NCCc2nccs2)c1[N+](=O)[O-]. The number of thiazole rings is 1. The molecule has 112 valence electrons. The van der Waals surface area contributed by atoms with Crippen molar-refractivity contribution in [1.29, 1.82) is 0 Å². The Kier molecular flexibility index (Phi) is 4.50. The first-order valence-electron chi connectivity index (χ1n) is 5.83. The minimum Gasteiger partial charge on any atom is -0.393 e. The standard InChI is InChI=1S/C11H12N4O4S2/c12-8-2-1-3-9(11(8)15(16)17)21(18,19)14-5-4-10-13-6-7-20-10/h1-3,6-7,14H,4-5,12H2. The van der Waals surface area contributed by atoms with E-state index in [1.165, 1.54) is 23.5 Å². The van der Waals surface area contributed by atoms with Crippen LogP contribution in [0.25, 0.3) is 0 Å². The van der Waals surface area contributed by atoms with Gasteiger partial charge in [0.2, 0.25) is 10.0 Å². The summed E-state index contributed by atoms with van der Waals surface area (Å²) in [7, 11) is -4.01. The molecule has 0 aliphatic rings. The predicted molar refractivity (Wildman–Crippen MR) is 78.5 cm³/mol. The fraction of sp³-hybridized carbons (Fsp3) is 0.182. The Balaban J connectivity index is 2.20. The number of nitro groups is 1. The van der Waals surface area contributed by atoms with E-state index in [-0.39, 0.29) is 12.2 Å². The Morgan fingerprint density at radius 2 is 2.19 bits per heavy atom. The number of hydrogen-bond donors (Lipinski definition) is 2. The van der Waals surface area contributed by atoms with Crippen LogP contribution in [-0.2, 0) is 16.4 Å². The Hall–Kier alpha value is -2.04. The molecule has 10 heteroatoms. The molecule has 0 radical (unpaired) electrons. The van der Waals surface area contributed by atoms with E-state index in [4.69, 9.17) is 5.73 Å². The average molecular weight is 328 g/mol. The van der Waals surface area contributed by atoms with Crippen LogP contribution in [0.3, 0.4) is 0 Å². The molecule has 1 aromatic carbocycles. The lowest BCUT2D eigenvalue weighted by Gasteiger charge is -2.07. The van der Waals surface area contributed by atoms with E-state index >= 15 is 0 Å². The van der Waals surface area contributed by atoms with Gasteiger partial charge in [-0.2, -0.15) is 0 Å². The van der Waals surface area contributed by atoms with E-state index < -0.39 is 25.5 Å². The maximum Gasteiger partial charge on any atom is 0.312 e. The number of rotatable bonds is 6. The van der Waals surface area contributed by atoms with Gasteiger partial charge in [-0.25, -0.2) is 18.1 Å². The third kappa shape index (κ3) is 3.54. The Morgan fingerprint density at radius 1 is 1.43 bits per heavy atom. The van der Waals surface area contributed by atoms with Gasteiger partial charge in [0.05, 0.1) is 9.93 Å². The minimum atomic E-state index is -4.01. The molecule has 1 aromatic heterocycles. The molecule has 3 N–H and O–H groups in total. The second-order valence-electron chi connectivity index (χ2n) is 4.02. The molecule has 0 aliphatic heterocycles. The quantitative estimate of drug-likeness (QED) is 0.465. The van der Waals surface area contributed by atoms with Gasteiger partial charge in [0.25, 0.3) is 0 Å². The summed E-state index contributed by atoms with van der Waals surface area (Å²) in [6.45, 7) is 0.0990. The first-order valence-corrected chi connectivity index (χ1v) is 8.19. The summed E-state index contributed by atoms with van der Waals surface area (Å²) < 4.78 is 26.6. The van der Waals surface area contributed by atoms with Crippen molar-refractivity contribution < 1.29 is 13.3 Å². The van der Waals surface area contributed by atoms with E-state index in [0.717, 1.165) is 11.1 Å². The molecule has 0 saturated carbocycles. The number of nitro benzene ring substituents is 1. The molecule has 0 aliphatic carbocycles. The zero-order valence-electron chi connectivity index (χ0n) is 10.7. The van der Waals surface area contributed by atoms with Crippen LogP contribution in [0, 0.1) is 10.1 Å². The second-order valence-corrected chi connectivity index (χ2v) is 6.74. The van der Waals surface area contributed by atoms with Gasteiger partial charge in [0.1, 0.15) is 5.69 Å². The highest BCUT2D eigenvalue weighted by Crippen LogP contribution is 2.29. The lowest BCUT2D eigenvalue weighted by molar-refractivity contribution is -0.386. The van der Waals surface area contributed by atoms with Crippen LogP contribution in [0.2, 0.25) is 0 Å². The van der Waals surface area contributed by atoms with E-state index in [9.17, 15) is 18.5 Å². The number of nitrogens with zero attached hydrogens (tertiary/aromatic N) is 2. The molecule has 1 heterocycles. The maximum atomic E-state index is 12.2. The molecule has 0 saturated heterocycles. The fourth-order valence-corrected chi connectivity index (χ4v) is 3.55. The number of anilines is 1. The number of benzene rings is 1. The van der Waals surface area contributed by atoms with Gasteiger partial charge in [-0.05, 0) is 12.1 Å². The molecule has 0 unspecified atom stereocenters. The Bertz CT molecular complexity index is 744. The van der Waals surface area contributed by atoms with Crippen molar-refractivity contribution >= 4 is 32.7 Å². The van der Waals surface area contributed by atoms with E-state index in [1.54, 1.807) is 11.6 Å². The normalized spacial score (nSPS) is 11.4. The largest absolute Gasteiger partial charge is 0.393 e. The Morgan fingerprint density at radius 3 is 2.81 bits per heavy atom. The monoisotopic (exact) mass is 328 g/mol. The lowest BCUT2D eigenvalue weighted by atomic mass is 10.3. The number of nitrogens with two attached hydrogens (primary N) is 1. The molecule has 21 heavy (non-hydrogen) atoms. The first kappa shape index (κ1) is 15.4. The molecule has 2 rings (SSSR count). The van der Waals surface area contributed by atoms with Crippen molar-refractivity contribution in [2.75, 3.05) is 12.3 Å². The van der Waals surface area contributed by atoms with Crippen LogP contribution in [-0.4, -0.2) is 24.9 Å². The summed E-state index contributed by atoms with van der Waals surface area (Å²) in [6.07, 6.45) is 2.03. The number of hydrogen-bond acceptors (Lipinski definition) is 7. The molecule has 2 aromatic rings. The second kappa shape index (κ2) is 6.16. The highest BCUT2D eigenvalue weighted by molar-refractivity contribution is 7.89. The van der Waals surface area contributed by atoms with E-state index in [0.29, 0.717) is 6.42 Å². The summed E-state index contributed by atoms with van der Waals surface area (Å²) in [5.74, 6) is 0. The third-order valence-corrected chi connectivity index (χ3v) is 4.95. The summed E-state index contributed by atoms with van der Waals surface area (Å²) in [4.78, 5) is 13.8. The van der Waals surface area contributed by atoms with Crippen LogP contribution >= 0.6 is 11.3 Å². The average Bonchev–Trinajstić information content (AvgIpc) is 2.91. The van der Waals surface area contributed by atoms with Crippen LogP contribution in [0.4, 0.5) is 11.4 Å². The fourth-order valence-electron chi connectivity index (χ4n) is 1.70. The van der Waals surface area contributed by atoms with Crippen molar-refractivity contribution in [3.8, 4) is 0 Å². The smallest absolute Gasteiger partial charge is 0.312 e. The number of para-hydroxylation sites is 1. The molecular weight excluding hydrogens is 316 g/mol. The number of nitrogens with one attached hydrogen (secondary N) is 1. The Labute approximate surface area is 124 Å². The van der Waals surface area contributed by atoms with Crippen LogP contribution in [0.15, 0.2) is 34.7 Å². The maximum absolute atomic E-state index is 12.2. The van der Waals surface area contributed by atoms with Gasteiger partial charge in [-0.1, -0.05) is 6.07 Å². The predicted octanol–water partition coefficient (Wildman–Crippen LogP) is 1.15. The number of aromatic nitrogens is 1. The van der Waals surface area contributed by atoms with Crippen LogP contribution in [0.1, 0.15) is 5.01 Å². The third-order valence-electron chi connectivity index (χ3n) is 2.62. The molecule has 8 nitrogen and oxygen atoms in total. The van der Waals surface area contributed by atoms with Gasteiger partial charge >= 0.3 is 5.69 Å². The molecule has 0 bridgehead atoms. The van der Waals surface area contributed by atoms with Crippen LogP contribution < -0.4 is 10.5 Å². The minimum absolute atomic E-state index is 0.0990. The van der Waals surface area contributed by atoms with Crippen molar-refractivity contribution in [3.63, 3.8) is 0 Å². The van der Waals surface area contributed by atoms with Gasteiger partial charge in [-0.15, -0.1) is 11.3 Å². The zero-order valence-corrected chi connectivity index (χ0v) is 12.4. The van der Waals surface area contributed by atoms with Crippen molar-refractivity contribution in [2.24, 2.45) is 0 Å². The molecule has 0 spiro atoms. The van der Waals surface area contributed by atoms with E-state index in [1.807, 2.05) is 0 Å². The number of sulfonamides is 1. The summed E-state index contributed by atoms with van der Waals surface area (Å²) in [5.41, 5.74) is 4.68. The molecular formula is C11H12N4O4S2. The van der Waals surface area contributed by atoms with Crippen molar-refractivity contribution in [2.45, 2.75) is 11.3 Å². The highest BCUT2D eigenvalue weighted by atomic mass is 32.2. The van der Waals surface area contributed by atoms with Gasteiger partial charge < -0.3 is 5.73 Å². The topological polar surface area (TPSA) is 128 Å². The summed E-state index contributed by atoms with van der Waals surface area (Å²) in [5, 5.41) is 13.5. The lowest BCUT2D eigenvalue weighted by Crippen LogP contribution is -2.26. The van der Waals surface area contributed by atoms with E-state index in [2.05, 4.69) is 9.71 Å².